The molecule has 0 radical (unpaired) electrons. The highest BCUT2D eigenvalue weighted by atomic mass is 79.9. The number of amides is 2. The van der Waals surface area contributed by atoms with Crippen molar-refractivity contribution in [3.63, 3.8) is 0 Å². The lowest BCUT2D eigenvalue weighted by Crippen LogP contribution is -2.39. The highest BCUT2D eigenvalue weighted by molar-refractivity contribution is 8.93. The molecule has 0 aromatic carbocycles. The largest absolute Gasteiger partial charge is 0.354 e. The Morgan fingerprint density at radius 2 is 1.20 bits per heavy atom. The van der Waals surface area contributed by atoms with Gasteiger partial charge in [-0.1, -0.05) is 21.6 Å². The third kappa shape index (κ3) is 14.9. The standard InChI is InChI=1S/C10H22N4O2S2.2BrH/c1-7(11)9(15)13-3-5-17-18-6-4-14-10(16)8(2)12;;/h7-8H,3-6,11-12H2,1-2H3,(H,13,15)(H,14,16);2*1H/t7-,8-;;/m0../s1. The molecular weight excluding hydrogens is 432 g/mol. The Balaban J connectivity index is -0.00000144. The summed E-state index contributed by atoms with van der Waals surface area (Å²) < 4.78 is 0. The van der Waals surface area contributed by atoms with Gasteiger partial charge in [0.2, 0.25) is 11.8 Å². The first-order valence-corrected chi connectivity index (χ1v) is 8.25. The van der Waals surface area contributed by atoms with Crippen LogP contribution in [0.15, 0.2) is 0 Å². The molecule has 0 aliphatic carbocycles. The van der Waals surface area contributed by atoms with Crippen molar-refractivity contribution in [3.8, 4) is 0 Å². The molecule has 0 fully saturated rings. The fourth-order valence-electron chi connectivity index (χ4n) is 0.872. The zero-order valence-electron chi connectivity index (χ0n) is 11.6. The summed E-state index contributed by atoms with van der Waals surface area (Å²) in [6.45, 7) is 4.51. The number of hydrogen-bond donors (Lipinski definition) is 4. The van der Waals surface area contributed by atoms with E-state index in [1.54, 1.807) is 35.4 Å². The molecule has 0 bridgehead atoms. The van der Waals surface area contributed by atoms with E-state index < -0.39 is 12.1 Å². The molecule has 0 unspecified atom stereocenters. The summed E-state index contributed by atoms with van der Waals surface area (Å²) in [7, 11) is 3.29. The summed E-state index contributed by atoms with van der Waals surface area (Å²) in [4.78, 5) is 22.2. The molecule has 0 spiro atoms. The fraction of sp³-hybridized carbons (Fsp3) is 0.800. The van der Waals surface area contributed by atoms with Gasteiger partial charge in [-0.05, 0) is 13.8 Å². The number of carbonyl (C=O) groups is 2. The minimum Gasteiger partial charge on any atom is -0.354 e. The number of nitrogens with two attached hydrogens (primary N) is 2. The normalized spacial score (nSPS) is 12.4. The molecular formula is C10H24Br2N4O2S2. The molecule has 0 rings (SSSR count). The van der Waals surface area contributed by atoms with Crippen LogP contribution in [-0.4, -0.2) is 48.5 Å². The average Bonchev–Trinajstić information content (AvgIpc) is 2.31. The summed E-state index contributed by atoms with van der Waals surface area (Å²) >= 11 is 0. The van der Waals surface area contributed by atoms with E-state index in [2.05, 4.69) is 10.6 Å². The molecule has 20 heavy (non-hydrogen) atoms. The van der Waals surface area contributed by atoms with Gasteiger partial charge in [-0.25, -0.2) is 0 Å². The summed E-state index contributed by atoms with van der Waals surface area (Å²) in [5.74, 6) is 1.35. The first-order chi connectivity index (χ1) is 8.45. The van der Waals surface area contributed by atoms with Crippen molar-refractivity contribution in [2.45, 2.75) is 25.9 Å². The van der Waals surface area contributed by atoms with Crippen LogP contribution >= 0.6 is 55.6 Å². The van der Waals surface area contributed by atoms with Crippen LogP contribution in [0.5, 0.6) is 0 Å². The van der Waals surface area contributed by atoms with Gasteiger partial charge in [0.15, 0.2) is 0 Å². The van der Waals surface area contributed by atoms with Crippen molar-refractivity contribution in [3.05, 3.63) is 0 Å². The van der Waals surface area contributed by atoms with E-state index >= 15 is 0 Å². The molecule has 6 N–H and O–H groups in total. The van der Waals surface area contributed by atoms with E-state index in [0.717, 1.165) is 11.5 Å². The van der Waals surface area contributed by atoms with Gasteiger partial charge in [0, 0.05) is 24.6 Å². The molecule has 0 saturated heterocycles. The Morgan fingerprint density at radius 1 is 0.900 bits per heavy atom. The average molecular weight is 456 g/mol. The second-order valence-corrected chi connectivity index (χ2v) is 6.51. The van der Waals surface area contributed by atoms with E-state index in [4.69, 9.17) is 11.5 Å². The Kier molecular flexibility index (Phi) is 20.3. The highest BCUT2D eigenvalue weighted by Crippen LogP contribution is 2.19. The second-order valence-electron chi connectivity index (χ2n) is 3.80. The maximum atomic E-state index is 11.1. The van der Waals surface area contributed by atoms with E-state index in [0.29, 0.717) is 13.1 Å². The van der Waals surface area contributed by atoms with Crippen molar-refractivity contribution in [1.82, 2.24) is 10.6 Å². The lowest BCUT2D eigenvalue weighted by molar-refractivity contribution is -0.122. The summed E-state index contributed by atoms with van der Waals surface area (Å²) in [6, 6.07) is -0.924. The zero-order valence-corrected chi connectivity index (χ0v) is 16.6. The molecule has 10 heteroatoms. The Labute approximate surface area is 149 Å². The molecule has 2 amide bonds. The quantitative estimate of drug-likeness (QED) is 0.296. The van der Waals surface area contributed by atoms with Crippen LogP contribution in [0.4, 0.5) is 0 Å². The SMILES string of the molecule is Br.Br.C[C@H](N)C(=O)NCCSSCCNC(=O)[C@H](C)N. The van der Waals surface area contributed by atoms with Crippen molar-refractivity contribution >= 4 is 67.4 Å². The molecule has 6 nitrogen and oxygen atoms in total. The topological polar surface area (TPSA) is 110 Å². The lowest BCUT2D eigenvalue weighted by Gasteiger charge is -2.08. The van der Waals surface area contributed by atoms with Gasteiger partial charge >= 0.3 is 0 Å². The number of hydrogen-bond acceptors (Lipinski definition) is 6. The molecule has 0 aliphatic heterocycles. The Bertz CT molecular complexity index is 246. The Morgan fingerprint density at radius 3 is 1.45 bits per heavy atom. The second kappa shape index (κ2) is 15.9. The fourth-order valence-corrected chi connectivity index (χ4v) is 2.69. The maximum Gasteiger partial charge on any atom is 0.236 e. The monoisotopic (exact) mass is 454 g/mol. The molecule has 0 aromatic rings. The van der Waals surface area contributed by atoms with E-state index in [-0.39, 0.29) is 45.8 Å². The van der Waals surface area contributed by atoms with E-state index in [1.165, 1.54) is 0 Å². The van der Waals surface area contributed by atoms with Crippen molar-refractivity contribution in [1.29, 1.82) is 0 Å². The van der Waals surface area contributed by atoms with Crippen molar-refractivity contribution < 1.29 is 9.59 Å². The third-order valence-corrected chi connectivity index (χ3v) is 4.29. The molecule has 0 aliphatic rings. The van der Waals surface area contributed by atoms with Crippen LogP contribution in [0.3, 0.4) is 0 Å². The minimum absolute atomic E-state index is 0. The van der Waals surface area contributed by atoms with Crippen molar-refractivity contribution in [2.24, 2.45) is 11.5 Å². The van der Waals surface area contributed by atoms with Gasteiger partial charge in [0.1, 0.15) is 0 Å². The Hall–Kier alpha value is 0.520. The first-order valence-electron chi connectivity index (χ1n) is 5.76. The molecule has 0 heterocycles. The van der Waals surface area contributed by atoms with Crippen LogP contribution < -0.4 is 22.1 Å². The lowest BCUT2D eigenvalue weighted by atomic mass is 10.3. The number of carbonyl (C=O) groups excluding carboxylic acids is 2. The minimum atomic E-state index is -0.462. The van der Waals surface area contributed by atoms with Crippen LogP contribution in [-0.2, 0) is 9.59 Å². The van der Waals surface area contributed by atoms with Crippen LogP contribution in [0, 0.1) is 0 Å². The van der Waals surface area contributed by atoms with Crippen LogP contribution in [0.25, 0.3) is 0 Å². The first kappa shape index (κ1) is 25.5. The van der Waals surface area contributed by atoms with Gasteiger partial charge in [-0.3, -0.25) is 9.59 Å². The van der Waals surface area contributed by atoms with E-state index in [9.17, 15) is 9.59 Å². The maximum absolute atomic E-state index is 11.1. The van der Waals surface area contributed by atoms with Crippen LogP contribution in [0.2, 0.25) is 0 Å². The smallest absolute Gasteiger partial charge is 0.236 e. The number of rotatable bonds is 9. The van der Waals surface area contributed by atoms with Gasteiger partial charge < -0.3 is 22.1 Å². The predicted octanol–water partition coefficient (Wildman–Crippen LogP) is 0.450. The number of nitrogens with one attached hydrogen (secondary N) is 2. The van der Waals surface area contributed by atoms with Gasteiger partial charge in [0.25, 0.3) is 0 Å². The molecule has 0 saturated carbocycles. The van der Waals surface area contributed by atoms with E-state index in [1.807, 2.05) is 0 Å². The van der Waals surface area contributed by atoms with Gasteiger partial charge in [0.05, 0.1) is 12.1 Å². The van der Waals surface area contributed by atoms with Gasteiger partial charge in [-0.2, -0.15) is 0 Å². The van der Waals surface area contributed by atoms with Crippen LogP contribution in [0.1, 0.15) is 13.8 Å². The van der Waals surface area contributed by atoms with Gasteiger partial charge in [-0.15, -0.1) is 34.0 Å². The summed E-state index contributed by atoms with van der Waals surface area (Å²) in [6.07, 6.45) is 0. The molecule has 2 atom stereocenters. The molecule has 0 aromatic heterocycles. The highest BCUT2D eigenvalue weighted by Gasteiger charge is 2.06. The van der Waals surface area contributed by atoms with Crippen molar-refractivity contribution in [2.75, 3.05) is 24.6 Å². The molecule has 122 valence electrons. The zero-order chi connectivity index (χ0) is 14.0. The third-order valence-electron chi connectivity index (χ3n) is 1.88. The number of halogens is 2. The summed E-state index contributed by atoms with van der Waals surface area (Å²) in [5.41, 5.74) is 10.8. The predicted molar refractivity (Wildman–Crippen MR) is 98.9 cm³/mol. The summed E-state index contributed by atoms with van der Waals surface area (Å²) in [5, 5.41) is 5.44.